The van der Waals surface area contributed by atoms with Crippen molar-refractivity contribution < 1.29 is 21.4 Å². The van der Waals surface area contributed by atoms with E-state index < -0.39 is 24.4 Å². The second-order valence-corrected chi connectivity index (χ2v) is 16.6. The number of nitrogens with zero attached hydrogens (tertiary/aromatic N) is 2. The minimum absolute atomic E-state index is 0.0614. The molecule has 0 saturated carbocycles. The normalized spacial score (nSPS) is 17.5. The molecule has 1 aromatic carbocycles. The molecule has 1 N–H and O–H groups in total. The zero-order chi connectivity index (χ0) is 32.7. The summed E-state index contributed by atoms with van der Waals surface area (Å²) in [5, 5.41) is 7.43. The highest BCUT2D eigenvalue weighted by molar-refractivity contribution is 7.92. The first kappa shape index (κ1) is 35.0. The van der Waals surface area contributed by atoms with Crippen LogP contribution in [0.5, 0.6) is 0 Å². The van der Waals surface area contributed by atoms with Gasteiger partial charge in [-0.1, -0.05) is 66.7 Å². The van der Waals surface area contributed by atoms with Crippen LogP contribution in [0.2, 0.25) is 0 Å². The first-order chi connectivity index (χ1) is 20.5. The van der Waals surface area contributed by atoms with E-state index in [-0.39, 0.29) is 16.9 Å². The molecule has 2 aromatic rings. The molecule has 0 aliphatic heterocycles. The number of sulfone groups is 2. The lowest BCUT2D eigenvalue weighted by molar-refractivity contribution is 0.403. The van der Waals surface area contributed by atoms with Crippen molar-refractivity contribution in [3.63, 3.8) is 0 Å². The predicted molar refractivity (Wildman–Crippen MR) is 178 cm³/mol. The number of aryl methyl sites for hydroxylation is 1. The molecule has 1 heterocycles. The highest BCUT2D eigenvalue weighted by Crippen LogP contribution is 2.31. The van der Waals surface area contributed by atoms with Gasteiger partial charge in [0.15, 0.2) is 25.5 Å². The summed E-state index contributed by atoms with van der Waals surface area (Å²) in [5.74, 6) is 1.04. The van der Waals surface area contributed by atoms with E-state index in [1.54, 1.807) is 45.0 Å². The fourth-order valence-corrected chi connectivity index (χ4v) is 6.00. The maximum absolute atomic E-state index is 12.3. The van der Waals surface area contributed by atoms with Crippen molar-refractivity contribution >= 4 is 25.2 Å². The van der Waals surface area contributed by atoms with Gasteiger partial charge in [-0.3, -0.25) is 0 Å². The molecule has 1 aromatic heterocycles. The molecule has 0 saturated heterocycles. The number of aromatic nitrogens is 2. The first-order valence-electron chi connectivity index (χ1n) is 14.7. The van der Waals surface area contributed by atoms with Gasteiger partial charge in [-0.05, 0) is 100 Å². The Kier molecular flexibility index (Phi) is 11.5. The fraction of sp³-hybridized carbons (Fsp3) is 0.412. The van der Waals surface area contributed by atoms with Gasteiger partial charge in [0.25, 0.3) is 5.89 Å². The van der Waals surface area contributed by atoms with Crippen molar-refractivity contribution in [2.24, 2.45) is 5.92 Å². The van der Waals surface area contributed by atoms with E-state index in [0.29, 0.717) is 23.7 Å². The van der Waals surface area contributed by atoms with Crippen molar-refractivity contribution in [3.8, 4) is 0 Å². The van der Waals surface area contributed by atoms with Crippen molar-refractivity contribution in [1.82, 2.24) is 15.5 Å². The number of benzene rings is 1. The Morgan fingerprint density at radius 3 is 2.41 bits per heavy atom. The van der Waals surface area contributed by atoms with Gasteiger partial charge >= 0.3 is 0 Å². The van der Waals surface area contributed by atoms with Gasteiger partial charge < -0.3 is 9.84 Å². The van der Waals surface area contributed by atoms with Crippen molar-refractivity contribution in [2.75, 3.05) is 12.5 Å². The van der Waals surface area contributed by atoms with E-state index in [1.165, 1.54) is 12.5 Å². The monoisotopic (exact) mass is 639 g/mol. The highest BCUT2D eigenvalue weighted by Gasteiger charge is 2.31. The number of hydrogen-bond donors (Lipinski definition) is 1. The van der Waals surface area contributed by atoms with E-state index in [1.807, 2.05) is 38.3 Å². The van der Waals surface area contributed by atoms with Gasteiger partial charge in [-0.15, -0.1) is 0 Å². The molecule has 1 aliphatic rings. The average Bonchev–Trinajstić information content (AvgIpc) is 3.38. The van der Waals surface area contributed by atoms with Crippen LogP contribution in [0, 0.1) is 12.8 Å². The van der Waals surface area contributed by atoms with Crippen molar-refractivity contribution in [3.05, 3.63) is 107 Å². The van der Waals surface area contributed by atoms with Crippen molar-refractivity contribution in [1.29, 1.82) is 0 Å². The molecule has 1 aliphatic carbocycles. The standard InChI is InChI=1S/C34H45N3O5S2/c1-9-18-35-32(24(3)19-26(10-2)23-34(5,6)44(8,40)41)22-28-13-11-12-27(20-28)21-31(33-36-25(4)37-42-33)29-14-16-30(17-15-29)43(7,38)39/h9,11-12,14-21,28,32,35H,3,10,13,22-23H2,1-2,4-8H3/b18-9-,26-19+,31-21+. The van der Waals surface area contributed by atoms with E-state index in [4.69, 9.17) is 4.52 Å². The number of nitrogens with one attached hydrogen (secondary N) is 1. The Labute approximate surface area is 263 Å². The summed E-state index contributed by atoms with van der Waals surface area (Å²) in [5.41, 5.74) is 4.36. The summed E-state index contributed by atoms with van der Waals surface area (Å²) in [7, 11) is -6.56. The van der Waals surface area contributed by atoms with Crippen molar-refractivity contribution in [2.45, 2.75) is 76.0 Å². The molecular formula is C34H45N3O5S2. The molecule has 0 bridgehead atoms. The van der Waals surface area contributed by atoms with Gasteiger partial charge in [-0.2, -0.15) is 4.98 Å². The molecule has 238 valence electrons. The molecule has 0 spiro atoms. The van der Waals surface area contributed by atoms with Crippen LogP contribution < -0.4 is 5.32 Å². The SMILES string of the molecule is C=C(/C=C(\CC)CC(C)(C)S(C)(=O)=O)C(CC1C=C(/C=C(\c2ccc(S(C)(=O)=O)cc2)c2nc(C)no2)C=CC1)N/C=C\C. The Balaban J connectivity index is 1.92. The minimum Gasteiger partial charge on any atom is -0.384 e. The summed E-state index contributed by atoms with van der Waals surface area (Å²) in [6.07, 6.45) is 19.6. The summed E-state index contributed by atoms with van der Waals surface area (Å²) in [6.45, 7) is 13.7. The Hall–Kier alpha value is -3.50. The lowest BCUT2D eigenvalue weighted by Gasteiger charge is -2.26. The van der Waals surface area contributed by atoms with Crippen LogP contribution in [0.15, 0.2) is 99.6 Å². The van der Waals surface area contributed by atoms with Crippen LogP contribution >= 0.6 is 0 Å². The molecule has 0 radical (unpaired) electrons. The Morgan fingerprint density at radius 1 is 1.18 bits per heavy atom. The smallest absolute Gasteiger partial charge is 0.258 e. The maximum Gasteiger partial charge on any atom is 0.258 e. The minimum atomic E-state index is -3.33. The second kappa shape index (κ2) is 14.5. The van der Waals surface area contributed by atoms with Gasteiger partial charge in [0.1, 0.15) is 0 Å². The average molecular weight is 640 g/mol. The lowest BCUT2D eigenvalue weighted by atomic mass is 9.86. The second-order valence-electron chi connectivity index (χ2n) is 12.0. The lowest BCUT2D eigenvalue weighted by Crippen LogP contribution is -2.32. The highest BCUT2D eigenvalue weighted by atomic mass is 32.2. The van der Waals surface area contributed by atoms with Gasteiger partial charge in [0.2, 0.25) is 0 Å². The predicted octanol–water partition coefficient (Wildman–Crippen LogP) is 6.70. The van der Waals surface area contributed by atoms with E-state index >= 15 is 0 Å². The van der Waals surface area contributed by atoms with Crippen LogP contribution in [0.3, 0.4) is 0 Å². The largest absolute Gasteiger partial charge is 0.384 e. The maximum atomic E-state index is 12.3. The molecule has 2 atom stereocenters. The third-order valence-corrected chi connectivity index (χ3v) is 11.1. The summed E-state index contributed by atoms with van der Waals surface area (Å²) >= 11 is 0. The Bertz CT molecular complexity index is 1710. The van der Waals surface area contributed by atoms with Gasteiger partial charge in [-0.25, -0.2) is 16.8 Å². The molecule has 0 amide bonds. The zero-order valence-corrected chi connectivity index (χ0v) is 28.4. The fourth-order valence-electron chi connectivity index (χ4n) is 4.92. The number of allylic oxidation sites excluding steroid dienone is 7. The van der Waals surface area contributed by atoms with Crippen LogP contribution in [-0.2, 0) is 19.7 Å². The number of rotatable bonds is 14. The third-order valence-electron chi connectivity index (χ3n) is 7.79. The molecular weight excluding hydrogens is 595 g/mol. The molecule has 0 fully saturated rings. The van der Waals surface area contributed by atoms with Crippen LogP contribution in [0.4, 0.5) is 0 Å². The molecule has 10 heteroatoms. The van der Waals surface area contributed by atoms with E-state index in [2.05, 4.69) is 40.3 Å². The zero-order valence-electron chi connectivity index (χ0n) is 26.8. The van der Waals surface area contributed by atoms with Gasteiger partial charge in [0, 0.05) is 18.1 Å². The summed E-state index contributed by atoms with van der Waals surface area (Å²) in [4.78, 5) is 4.67. The Morgan fingerprint density at radius 2 is 1.86 bits per heavy atom. The molecule has 2 unspecified atom stereocenters. The van der Waals surface area contributed by atoms with E-state index in [0.717, 1.165) is 41.5 Å². The quantitative estimate of drug-likeness (QED) is 0.227. The topological polar surface area (TPSA) is 119 Å². The number of hydrogen-bond acceptors (Lipinski definition) is 8. The molecule has 3 rings (SSSR count). The first-order valence-corrected chi connectivity index (χ1v) is 18.5. The van der Waals surface area contributed by atoms with Crippen LogP contribution in [0.1, 0.15) is 70.7 Å². The molecule has 8 nitrogen and oxygen atoms in total. The van der Waals surface area contributed by atoms with Crippen LogP contribution in [-0.4, -0.2) is 50.3 Å². The summed E-state index contributed by atoms with van der Waals surface area (Å²) < 4.78 is 53.4. The van der Waals surface area contributed by atoms with E-state index in [9.17, 15) is 16.8 Å². The molecule has 44 heavy (non-hydrogen) atoms. The van der Waals surface area contributed by atoms with Crippen LogP contribution in [0.25, 0.3) is 5.57 Å². The third kappa shape index (κ3) is 9.50. The van der Waals surface area contributed by atoms with Gasteiger partial charge in [0.05, 0.1) is 15.7 Å². The summed E-state index contributed by atoms with van der Waals surface area (Å²) in [6, 6.07) is 6.59.